The van der Waals surface area contributed by atoms with Gasteiger partial charge in [0.25, 0.3) is 0 Å². The van der Waals surface area contributed by atoms with Gasteiger partial charge in [0, 0.05) is 6.61 Å². The molecule has 0 aliphatic carbocycles. The highest BCUT2D eigenvalue weighted by atomic mass is 16.5. The number of ether oxygens (including phenoxy) is 1. The zero-order valence-electron chi connectivity index (χ0n) is 9.44. The minimum absolute atomic E-state index is 0.435. The molecule has 0 saturated heterocycles. The molecule has 0 aromatic carbocycles. The van der Waals surface area contributed by atoms with E-state index in [9.17, 15) is 0 Å². The first-order valence-corrected chi connectivity index (χ1v) is 5.63. The summed E-state index contributed by atoms with van der Waals surface area (Å²) in [4.78, 5) is 0. The van der Waals surface area contributed by atoms with E-state index in [1.54, 1.807) is 0 Å². The molecule has 0 aromatic heterocycles. The Hall–Kier alpha value is -0.0800. The zero-order valence-corrected chi connectivity index (χ0v) is 9.44. The molecule has 0 radical (unpaired) electrons. The minimum Gasteiger partial charge on any atom is -0.379 e. The molecule has 80 valence electrons. The summed E-state index contributed by atoms with van der Waals surface area (Å²) >= 11 is 0. The number of hydrogen-bond acceptors (Lipinski definition) is 2. The van der Waals surface area contributed by atoms with Gasteiger partial charge in [-0.15, -0.1) is 0 Å². The van der Waals surface area contributed by atoms with Crippen molar-refractivity contribution in [3.63, 3.8) is 0 Å². The van der Waals surface area contributed by atoms with E-state index < -0.39 is 0 Å². The third kappa shape index (κ3) is 9.84. The Morgan fingerprint density at radius 1 is 1.23 bits per heavy atom. The summed E-state index contributed by atoms with van der Waals surface area (Å²) in [5.41, 5.74) is 0. The van der Waals surface area contributed by atoms with Crippen molar-refractivity contribution in [2.75, 3.05) is 19.7 Å². The second-order valence-corrected chi connectivity index (χ2v) is 3.53. The van der Waals surface area contributed by atoms with E-state index in [0.29, 0.717) is 6.10 Å². The molecule has 2 nitrogen and oxygen atoms in total. The van der Waals surface area contributed by atoms with Crippen LogP contribution in [0.3, 0.4) is 0 Å². The molecule has 2 heteroatoms. The van der Waals surface area contributed by atoms with Crippen LogP contribution in [0.25, 0.3) is 0 Å². The average Bonchev–Trinajstić information content (AvgIpc) is 2.13. The van der Waals surface area contributed by atoms with Crippen LogP contribution in [0.5, 0.6) is 0 Å². The van der Waals surface area contributed by atoms with Gasteiger partial charge < -0.3 is 10.1 Å². The molecule has 0 aliphatic heterocycles. The molecule has 0 aromatic rings. The molecule has 0 saturated carbocycles. The van der Waals surface area contributed by atoms with E-state index in [1.807, 2.05) is 0 Å². The Morgan fingerprint density at radius 2 is 2.00 bits per heavy atom. The highest BCUT2D eigenvalue weighted by Gasteiger charge is 2.00. The topological polar surface area (TPSA) is 21.3 Å². The van der Waals surface area contributed by atoms with E-state index in [-0.39, 0.29) is 0 Å². The molecule has 0 bridgehead atoms. The summed E-state index contributed by atoms with van der Waals surface area (Å²) in [6.07, 6.45) is 5.25. The second-order valence-electron chi connectivity index (χ2n) is 3.53. The van der Waals surface area contributed by atoms with Crippen molar-refractivity contribution in [2.45, 2.75) is 52.6 Å². The SMILES string of the molecule is CCCCOC(C)CCCNCC. The summed E-state index contributed by atoms with van der Waals surface area (Å²) in [7, 11) is 0. The third-order valence-corrected chi connectivity index (χ3v) is 2.11. The molecule has 1 N–H and O–H groups in total. The van der Waals surface area contributed by atoms with Crippen LogP contribution in [-0.4, -0.2) is 25.8 Å². The van der Waals surface area contributed by atoms with Crippen molar-refractivity contribution in [1.82, 2.24) is 5.32 Å². The van der Waals surface area contributed by atoms with Crippen LogP contribution in [0.2, 0.25) is 0 Å². The van der Waals surface area contributed by atoms with E-state index in [1.165, 1.54) is 25.7 Å². The second kappa shape index (κ2) is 10.0. The third-order valence-electron chi connectivity index (χ3n) is 2.11. The van der Waals surface area contributed by atoms with Crippen molar-refractivity contribution >= 4 is 0 Å². The Bertz CT molecular complexity index is 96.1. The highest BCUT2D eigenvalue weighted by molar-refractivity contribution is 4.53. The predicted octanol–water partition coefficient (Wildman–Crippen LogP) is 2.58. The van der Waals surface area contributed by atoms with Crippen molar-refractivity contribution < 1.29 is 4.74 Å². The number of rotatable bonds is 9. The summed E-state index contributed by atoms with van der Waals surface area (Å²) in [6, 6.07) is 0. The van der Waals surface area contributed by atoms with Crippen LogP contribution in [-0.2, 0) is 4.74 Å². The largest absolute Gasteiger partial charge is 0.379 e. The van der Waals surface area contributed by atoms with Gasteiger partial charge >= 0.3 is 0 Å². The predicted molar refractivity (Wildman–Crippen MR) is 58.1 cm³/mol. The summed E-state index contributed by atoms with van der Waals surface area (Å²) < 4.78 is 5.63. The van der Waals surface area contributed by atoms with Gasteiger partial charge in [-0.3, -0.25) is 0 Å². The standard InChI is InChI=1S/C11H25NO/c1-4-6-10-13-11(3)8-7-9-12-5-2/h11-12H,4-10H2,1-3H3. The molecule has 1 atom stereocenters. The lowest BCUT2D eigenvalue weighted by atomic mass is 10.2. The quantitative estimate of drug-likeness (QED) is 0.560. The van der Waals surface area contributed by atoms with Gasteiger partial charge in [-0.2, -0.15) is 0 Å². The van der Waals surface area contributed by atoms with Crippen LogP contribution in [0, 0.1) is 0 Å². The normalized spacial score (nSPS) is 13.2. The smallest absolute Gasteiger partial charge is 0.0547 e. The minimum atomic E-state index is 0.435. The van der Waals surface area contributed by atoms with Gasteiger partial charge in [0.05, 0.1) is 6.10 Å². The lowest BCUT2D eigenvalue weighted by Crippen LogP contribution is -2.17. The van der Waals surface area contributed by atoms with E-state index in [0.717, 1.165) is 19.7 Å². The van der Waals surface area contributed by atoms with Gasteiger partial charge in [-0.05, 0) is 39.3 Å². The Kier molecular flexibility index (Phi) is 9.94. The van der Waals surface area contributed by atoms with Crippen LogP contribution in [0.4, 0.5) is 0 Å². The van der Waals surface area contributed by atoms with Crippen molar-refractivity contribution in [3.05, 3.63) is 0 Å². The van der Waals surface area contributed by atoms with Gasteiger partial charge in [-0.25, -0.2) is 0 Å². The maximum absolute atomic E-state index is 5.63. The molecular formula is C11H25NO. The maximum atomic E-state index is 5.63. The number of unbranched alkanes of at least 4 members (excludes halogenated alkanes) is 1. The van der Waals surface area contributed by atoms with Gasteiger partial charge in [0.15, 0.2) is 0 Å². The molecular weight excluding hydrogens is 162 g/mol. The molecule has 0 heterocycles. The molecule has 0 aliphatic rings. The van der Waals surface area contributed by atoms with Gasteiger partial charge in [-0.1, -0.05) is 20.3 Å². The first-order valence-electron chi connectivity index (χ1n) is 5.63. The summed E-state index contributed by atoms with van der Waals surface area (Å²) in [5.74, 6) is 0. The van der Waals surface area contributed by atoms with Crippen LogP contribution >= 0.6 is 0 Å². The van der Waals surface area contributed by atoms with Crippen LogP contribution < -0.4 is 5.32 Å². The lowest BCUT2D eigenvalue weighted by Gasteiger charge is -2.12. The Labute approximate surface area is 83.1 Å². The van der Waals surface area contributed by atoms with E-state index in [2.05, 4.69) is 26.1 Å². The van der Waals surface area contributed by atoms with Crippen molar-refractivity contribution in [3.8, 4) is 0 Å². The fourth-order valence-corrected chi connectivity index (χ4v) is 1.20. The highest BCUT2D eigenvalue weighted by Crippen LogP contribution is 2.02. The van der Waals surface area contributed by atoms with Crippen LogP contribution in [0.1, 0.15) is 46.5 Å². The fraction of sp³-hybridized carbons (Fsp3) is 1.00. The van der Waals surface area contributed by atoms with E-state index >= 15 is 0 Å². The molecule has 0 amide bonds. The fourth-order valence-electron chi connectivity index (χ4n) is 1.20. The Morgan fingerprint density at radius 3 is 2.62 bits per heavy atom. The average molecular weight is 187 g/mol. The molecule has 13 heavy (non-hydrogen) atoms. The molecule has 1 unspecified atom stereocenters. The van der Waals surface area contributed by atoms with Crippen molar-refractivity contribution in [2.24, 2.45) is 0 Å². The number of hydrogen-bond donors (Lipinski definition) is 1. The molecule has 0 rings (SSSR count). The van der Waals surface area contributed by atoms with Crippen molar-refractivity contribution in [1.29, 1.82) is 0 Å². The monoisotopic (exact) mass is 187 g/mol. The maximum Gasteiger partial charge on any atom is 0.0547 e. The first-order chi connectivity index (χ1) is 6.31. The summed E-state index contributed by atoms with van der Waals surface area (Å²) in [6.45, 7) is 9.63. The van der Waals surface area contributed by atoms with E-state index in [4.69, 9.17) is 4.74 Å². The first kappa shape index (κ1) is 12.9. The zero-order chi connectivity index (χ0) is 9.94. The molecule has 0 fully saturated rings. The van der Waals surface area contributed by atoms with Gasteiger partial charge in [0.1, 0.15) is 0 Å². The van der Waals surface area contributed by atoms with Crippen LogP contribution in [0.15, 0.2) is 0 Å². The molecule has 0 spiro atoms. The van der Waals surface area contributed by atoms with Gasteiger partial charge in [0.2, 0.25) is 0 Å². The number of nitrogens with one attached hydrogen (secondary N) is 1. The lowest BCUT2D eigenvalue weighted by molar-refractivity contribution is 0.0571. The Balaban J connectivity index is 3.05. The summed E-state index contributed by atoms with van der Waals surface area (Å²) in [5, 5.41) is 3.32.